The van der Waals surface area contributed by atoms with Crippen LogP contribution in [0.5, 0.6) is 0 Å². The van der Waals surface area contributed by atoms with Crippen molar-refractivity contribution in [1.82, 2.24) is 9.13 Å². The molecule has 4 aromatic heterocycles. The molecule has 0 bridgehead atoms. The number of fused-ring (bicyclic) bond motifs is 14. The van der Waals surface area contributed by atoms with Crippen molar-refractivity contribution in [2.45, 2.75) is 0 Å². The maximum Gasteiger partial charge on any atom is 0.139 e. The molecular weight excluding hydrogens is 901 g/mol. The van der Waals surface area contributed by atoms with Gasteiger partial charge in [-0.15, -0.1) is 55.5 Å². The molecule has 4 nitrogen and oxygen atoms in total. The largest absolute Gasteiger partial charge is 0.306 e. The van der Waals surface area contributed by atoms with Crippen molar-refractivity contribution < 1.29 is 0 Å². The van der Waals surface area contributed by atoms with Crippen molar-refractivity contribution >= 4 is 240 Å². The molecule has 326 valence electrons. The van der Waals surface area contributed by atoms with Gasteiger partial charge in [0.05, 0.1) is 54.0 Å². The summed E-state index contributed by atoms with van der Waals surface area (Å²) in [4.78, 5) is 0. The molecule has 72 heavy (non-hydrogen) atoms. The van der Waals surface area contributed by atoms with Crippen molar-refractivity contribution in [2.24, 2.45) is 0 Å². The smallest absolute Gasteiger partial charge is 0.139 e. The molecule has 16 heteroatoms. The van der Waals surface area contributed by atoms with Crippen LogP contribution in [0.25, 0.3) is 118 Å². The van der Waals surface area contributed by atoms with Gasteiger partial charge in [-0.1, -0.05) is 119 Å². The first-order chi connectivity index (χ1) is 34.9. The molecule has 0 aliphatic carbocycles. The zero-order chi connectivity index (χ0) is 49.8. The average Bonchev–Trinajstić information content (AvgIpc) is 4.16. The lowest BCUT2D eigenvalue weighted by Gasteiger charge is -2.30. The molecule has 0 saturated carbocycles. The third-order valence-electron chi connectivity index (χ3n) is 17.0. The number of rotatable bonds is 4. The summed E-state index contributed by atoms with van der Waals surface area (Å²) >= 11 is 3.62. The molecule has 0 radical (unpaired) electrons. The van der Waals surface area contributed by atoms with Crippen LogP contribution in [0, 0.1) is 22.7 Å². The molecule has 0 atom stereocenters. The van der Waals surface area contributed by atoms with Crippen LogP contribution in [0.4, 0.5) is 0 Å². The summed E-state index contributed by atoms with van der Waals surface area (Å²) in [5, 5.41) is 34.2. The van der Waals surface area contributed by atoms with E-state index in [1.807, 2.05) is 22.7 Å². The minimum Gasteiger partial charge on any atom is -0.306 e. The van der Waals surface area contributed by atoms with Gasteiger partial charge in [0.2, 0.25) is 0 Å². The van der Waals surface area contributed by atoms with Gasteiger partial charge in [-0.25, -0.2) is 0 Å². The van der Waals surface area contributed by atoms with Gasteiger partial charge in [-0.05, 0) is 35.4 Å². The molecule has 0 N–H and O–H groups in total. The summed E-state index contributed by atoms with van der Waals surface area (Å²) in [6.45, 7) is 0. The Kier molecular flexibility index (Phi) is 9.96. The minimum absolute atomic E-state index is 0.488. The second kappa shape index (κ2) is 16.1. The second-order valence-electron chi connectivity index (χ2n) is 20.0. The quantitative estimate of drug-likeness (QED) is 0.198. The van der Waals surface area contributed by atoms with Gasteiger partial charge in [0.25, 0.3) is 0 Å². The average molecular weight is 941 g/mol. The Bertz CT molecular complexity index is 4460. The maximum atomic E-state index is 12.5. The predicted molar refractivity (Wildman–Crippen MR) is 343 cm³/mol. The Morgan fingerprint density at radius 2 is 0.639 bits per heavy atom. The fourth-order valence-corrected chi connectivity index (χ4v) is 15.0. The molecule has 0 spiro atoms. The van der Waals surface area contributed by atoms with E-state index in [0.717, 1.165) is 114 Å². The summed E-state index contributed by atoms with van der Waals surface area (Å²) in [7, 11) is 22.1. The zero-order valence-electron chi connectivity index (χ0n) is 42.2. The van der Waals surface area contributed by atoms with E-state index in [4.69, 9.17) is 0 Å². The minimum atomic E-state index is 0.488. The number of nitriles is 2. The molecule has 9 aromatic carbocycles. The fourth-order valence-electron chi connectivity index (χ4n) is 12.6. The van der Waals surface area contributed by atoms with Crippen molar-refractivity contribution in [3.05, 3.63) is 132 Å². The van der Waals surface area contributed by atoms with Gasteiger partial charge in [-0.2, -0.15) is 10.5 Å². The van der Waals surface area contributed by atoms with Gasteiger partial charge in [0, 0.05) is 63.6 Å². The van der Waals surface area contributed by atoms with Crippen LogP contribution in [0.1, 0.15) is 11.1 Å². The second-order valence-corrected chi connectivity index (χ2v) is 22.1. The molecule has 13 rings (SSSR count). The van der Waals surface area contributed by atoms with Crippen LogP contribution in [-0.2, 0) is 0 Å². The topological polar surface area (TPSA) is 57.4 Å². The molecule has 0 saturated heterocycles. The molecule has 0 fully saturated rings. The van der Waals surface area contributed by atoms with E-state index in [1.165, 1.54) is 52.8 Å². The van der Waals surface area contributed by atoms with Crippen LogP contribution in [-0.4, -0.2) is 87.6 Å². The summed E-state index contributed by atoms with van der Waals surface area (Å²) in [6.07, 6.45) is 0. The van der Waals surface area contributed by atoms with Crippen LogP contribution < -0.4 is 54.6 Å². The van der Waals surface area contributed by atoms with E-state index >= 15 is 0 Å². The van der Waals surface area contributed by atoms with E-state index in [-0.39, 0.29) is 0 Å². The summed E-state index contributed by atoms with van der Waals surface area (Å²) in [5.74, 6) is 0. The normalized spacial score (nSPS) is 11.9. The Labute approximate surface area is 434 Å². The summed E-state index contributed by atoms with van der Waals surface area (Å²) in [6, 6.07) is 49.8. The molecule has 0 aliphatic heterocycles. The van der Waals surface area contributed by atoms with Gasteiger partial charge in [-0.3, -0.25) is 0 Å². The van der Waals surface area contributed by atoms with E-state index in [1.54, 1.807) is 0 Å². The number of hydrogen-bond acceptors (Lipinski definition) is 4. The van der Waals surface area contributed by atoms with E-state index < -0.39 is 0 Å². The first kappa shape index (κ1) is 44.6. The Morgan fingerprint density at radius 1 is 0.319 bits per heavy atom. The highest BCUT2D eigenvalue weighted by atomic mass is 32.1. The lowest BCUT2D eigenvalue weighted by Crippen LogP contribution is -2.55. The highest BCUT2D eigenvalue weighted by Gasteiger charge is 2.35. The molecule has 0 amide bonds. The maximum absolute atomic E-state index is 12.5. The highest BCUT2D eigenvalue weighted by molar-refractivity contribution is 7.27. The van der Waals surface area contributed by atoms with E-state index in [9.17, 15) is 10.5 Å². The Hall–Kier alpha value is -7.35. The van der Waals surface area contributed by atoms with Crippen LogP contribution in [0.15, 0.2) is 121 Å². The Balaban J connectivity index is 1.41. The number of para-hydroxylation sites is 2. The Morgan fingerprint density at radius 3 is 1.03 bits per heavy atom. The fraction of sp³-hybridized carbons (Fsp3) is 0. The molecular formula is C56H40B10N4S2. The third-order valence-corrected chi connectivity index (χ3v) is 19.4. The van der Waals surface area contributed by atoms with Gasteiger partial charge in [0.1, 0.15) is 90.6 Å². The van der Waals surface area contributed by atoms with Crippen molar-refractivity contribution in [1.29, 1.82) is 10.5 Å². The standard InChI is InChI=1S/C56H40B10N4S2/c57-41-38(42(58)46(62)49(65)45(41)61)37-31(21-67)51(69-33-13-5-1-9-23(33)27-17-19-29-25-11-3-7-15-35(25)71-55(29)53(27)69)40(39-43(59)47(63)50(66)48(64)44(39)60)52(32(37)22-68)70-34-14-6-2-10-24(34)28-18-20-30-26-12-4-8-16-36(26)72-56(30)54(28)70/h1-20H,57-66H2. The third kappa shape index (κ3) is 5.80. The number of hydrogen-bond donors (Lipinski definition) is 0. The number of thiophene rings is 2. The molecule has 0 unspecified atom stereocenters. The number of aromatic nitrogens is 2. The zero-order valence-corrected chi connectivity index (χ0v) is 43.8. The first-order valence-electron chi connectivity index (χ1n) is 24.7. The van der Waals surface area contributed by atoms with Gasteiger partial charge < -0.3 is 9.13 Å². The van der Waals surface area contributed by atoms with Crippen molar-refractivity contribution in [3.8, 4) is 45.8 Å². The van der Waals surface area contributed by atoms with Crippen LogP contribution >= 0.6 is 22.7 Å². The van der Waals surface area contributed by atoms with E-state index in [2.05, 4.69) is 221 Å². The van der Waals surface area contributed by atoms with Gasteiger partial charge >= 0.3 is 0 Å². The monoisotopic (exact) mass is 942 g/mol. The SMILES string of the molecule is Bc1c(B)c(B)c(-c2c(C#N)c(-n3c4ccccc4c4ccc5c6ccccc6sc5c43)c(-c3c(B)c(B)c(B)c(B)c3B)c(-n3c4ccccc4c4ccc5c6ccccc6sc5c43)c2C#N)c(B)c1B. The predicted octanol–water partition coefficient (Wildman–Crippen LogP) is -1.72. The van der Waals surface area contributed by atoms with Crippen LogP contribution in [0.3, 0.4) is 0 Å². The molecule has 4 heterocycles. The summed E-state index contributed by atoms with van der Waals surface area (Å²) in [5.41, 5.74) is 21.9. The van der Waals surface area contributed by atoms with Crippen molar-refractivity contribution in [2.75, 3.05) is 0 Å². The van der Waals surface area contributed by atoms with Crippen molar-refractivity contribution in [3.63, 3.8) is 0 Å². The lowest BCUT2D eigenvalue weighted by atomic mass is 9.58. The summed E-state index contributed by atoms with van der Waals surface area (Å²) < 4.78 is 9.63. The number of benzene rings is 9. The lowest BCUT2D eigenvalue weighted by molar-refractivity contribution is 1.13. The highest BCUT2D eigenvalue weighted by Crippen LogP contribution is 2.51. The molecule has 13 aromatic rings. The van der Waals surface area contributed by atoms with Crippen LogP contribution in [0.2, 0.25) is 0 Å². The first-order valence-corrected chi connectivity index (χ1v) is 26.4. The molecule has 0 aliphatic rings. The van der Waals surface area contributed by atoms with Gasteiger partial charge in [0.15, 0.2) is 0 Å². The number of nitrogens with zero attached hydrogens (tertiary/aromatic N) is 4. The van der Waals surface area contributed by atoms with E-state index in [0.29, 0.717) is 16.7 Å².